The van der Waals surface area contributed by atoms with Crippen molar-refractivity contribution in [3.8, 4) is 17.1 Å². The number of rotatable bonds is 7. The van der Waals surface area contributed by atoms with Gasteiger partial charge in [-0.1, -0.05) is 12.1 Å². The standard InChI is InChI=1S/C27H31N7O2S/c1-27(2,3)33-23(35)17-36-20-6-4-5-18(15-20)25-31-21-9-14-37-24(21)26(32-25)30-19-7-8-22(29-16-19)34-12-10-28-11-13-34/h4-9,14-16,28H,10-13,17H2,1-3H3,(H,33,35)(H,30,31,32). The molecule has 5 rings (SSSR count). The number of carbonyl (C=O) groups is 1. The number of nitrogens with zero attached hydrogens (tertiary/aromatic N) is 4. The fraction of sp³-hybridized carbons (Fsp3) is 0.333. The maximum atomic E-state index is 12.2. The third kappa shape index (κ3) is 6.33. The molecule has 0 aliphatic carbocycles. The summed E-state index contributed by atoms with van der Waals surface area (Å²) in [7, 11) is 0. The minimum atomic E-state index is -0.309. The summed E-state index contributed by atoms with van der Waals surface area (Å²) < 4.78 is 6.71. The van der Waals surface area contributed by atoms with Gasteiger partial charge in [0.1, 0.15) is 11.6 Å². The summed E-state index contributed by atoms with van der Waals surface area (Å²) in [5, 5.41) is 11.7. The van der Waals surface area contributed by atoms with E-state index in [2.05, 4.69) is 25.8 Å². The smallest absolute Gasteiger partial charge is 0.258 e. The van der Waals surface area contributed by atoms with Gasteiger partial charge in [-0.25, -0.2) is 15.0 Å². The first-order valence-electron chi connectivity index (χ1n) is 12.3. The first kappa shape index (κ1) is 24.9. The van der Waals surface area contributed by atoms with Crippen LogP contribution in [-0.2, 0) is 4.79 Å². The predicted octanol–water partition coefficient (Wildman–Crippen LogP) is 4.20. The molecule has 0 saturated carbocycles. The number of carbonyl (C=O) groups excluding carboxylic acids is 1. The molecule has 1 fully saturated rings. The van der Waals surface area contributed by atoms with Crippen molar-refractivity contribution in [2.75, 3.05) is 43.0 Å². The van der Waals surface area contributed by atoms with Crippen LogP contribution in [0.4, 0.5) is 17.3 Å². The number of hydrogen-bond acceptors (Lipinski definition) is 9. The van der Waals surface area contributed by atoms with Crippen LogP contribution in [0.25, 0.3) is 21.6 Å². The summed E-state index contributed by atoms with van der Waals surface area (Å²) >= 11 is 1.59. The minimum absolute atomic E-state index is 0.0606. The number of amides is 1. The van der Waals surface area contributed by atoms with Crippen LogP contribution in [0.1, 0.15) is 20.8 Å². The Morgan fingerprint density at radius 3 is 2.73 bits per heavy atom. The third-order valence-electron chi connectivity index (χ3n) is 5.73. The van der Waals surface area contributed by atoms with E-state index in [-0.39, 0.29) is 18.1 Å². The zero-order valence-electron chi connectivity index (χ0n) is 21.2. The van der Waals surface area contributed by atoms with E-state index in [0.29, 0.717) is 11.6 Å². The van der Waals surface area contributed by atoms with Crippen LogP contribution in [0.2, 0.25) is 0 Å². The summed E-state index contributed by atoms with van der Waals surface area (Å²) in [5.74, 6) is 2.69. The average Bonchev–Trinajstić information content (AvgIpc) is 3.37. The Hall–Kier alpha value is -3.76. The van der Waals surface area contributed by atoms with Crippen LogP contribution < -0.4 is 25.6 Å². The van der Waals surface area contributed by atoms with Gasteiger partial charge in [-0.15, -0.1) is 11.3 Å². The van der Waals surface area contributed by atoms with E-state index in [1.54, 1.807) is 11.3 Å². The number of benzene rings is 1. The number of hydrogen-bond donors (Lipinski definition) is 3. The molecule has 1 saturated heterocycles. The van der Waals surface area contributed by atoms with Crippen LogP contribution in [0.5, 0.6) is 5.75 Å². The van der Waals surface area contributed by atoms with Crippen molar-refractivity contribution in [2.45, 2.75) is 26.3 Å². The molecule has 0 radical (unpaired) electrons. The number of nitrogens with one attached hydrogen (secondary N) is 3. The molecule has 9 nitrogen and oxygen atoms in total. The fourth-order valence-electron chi connectivity index (χ4n) is 4.08. The van der Waals surface area contributed by atoms with E-state index in [4.69, 9.17) is 14.7 Å². The molecule has 1 aliphatic rings. The van der Waals surface area contributed by atoms with E-state index in [1.165, 1.54) is 0 Å². The van der Waals surface area contributed by atoms with Gasteiger partial charge in [-0.2, -0.15) is 0 Å². The molecule has 1 aromatic carbocycles. The van der Waals surface area contributed by atoms with Crippen molar-refractivity contribution in [1.82, 2.24) is 25.6 Å². The first-order valence-corrected chi connectivity index (χ1v) is 13.2. The predicted molar refractivity (Wildman–Crippen MR) is 149 cm³/mol. The molecule has 0 bridgehead atoms. The number of anilines is 3. The number of pyridine rings is 1. The van der Waals surface area contributed by atoms with Crippen molar-refractivity contribution >= 4 is 44.8 Å². The highest BCUT2D eigenvalue weighted by molar-refractivity contribution is 7.17. The number of thiophene rings is 1. The Balaban J connectivity index is 1.35. The SMILES string of the molecule is CC(C)(C)NC(=O)COc1cccc(-c2nc(Nc3ccc(N4CCNCC4)nc3)c3sccc3n2)c1. The van der Waals surface area contributed by atoms with Crippen LogP contribution in [0, 0.1) is 0 Å². The van der Waals surface area contributed by atoms with E-state index in [0.717, 1.165) is 59.3 Å². The Labute approximate surface area is 220 Å². The van der Waals surface area contributed by atoms with E-state index < -0.39 is 0 Å². The molecule has 37 heavy (non-hydrogen) atoms. The molecular weight excluding hydrogens is 486 g/mol. The molecule has 10 heteroatoms. The molecule has 1 aliphatic heterocycles. The van der Waals surface area contributed by atoms with Crippen molar-refractivity contribution in [2.24, 2.45) is 0 Å². The maximum Gasteiger partial charge on any atom is 0.258 e. The van der Waals surface area contributed by atoms with Gasteiger partial charge >= 0.3 is 0 Å². The highest BCUT2D eigenvalue weighted by Crippen LogP contribution is 2.32. The molecule has 0 unspecified atom stereocenters. The molecule has 0 atom stereocenters. The van der Waals surface area contributed by atoms with E-state index >= 15 is 0 Å². The lowest BCUT2D eigenvalue weighted by atomic mass is 10.1. The largest absolute Gasteiger partial charge is 0.484 e. The van der Waals surface area contributed by atoms with Crippen LogP contribution in [0.15, 0.2) is 54.0 Å². The monoisotopic (exact) mass is 517 g/mol. The molecule has 192 valence electrons. The van der Waals surface area contributed by atoms with Gasteiger partial charge in [0.25, 0.3) is 5.91 Å². The Morgan fingerprint density at radius 1 is 1.14 bits per heavy atom. The van der Waals surface area contributed by atoms with Gasteiger partial charge in [0, 0.05) is 37.3 Å². The van der Waals surface area contributed by atoms with Gasteiger partial charge in [-0.05, 0) is 56.5 Å². The Kier molecular flexibility index (Phi) is 7.20. The lowest BCUT2D eigenvalue weighted by Gasteiger charge is -2.28. The Morgan fingerprint density at radius 2 is 1.97 bits per heavy atom. The van der Waals surface area contributed by atoms with E-state index in [1.807, 2.05) is 74.8 Å². The topological polar surface area (TPSA) is 104 Å². The van der Waals surface area contributed by atoms with Gasteiger partial charge in [0.15, 0.2) is 18.2 Å². The van der Waals surface area contributed by atoms with Crippen LogP contribution >= 0.6 is 11.3 Å². The highest BCUT2D eigenvalue weighted by Gasteiger charge is 2.16. The summed E-state index contributed by atoms with van der Waals surface area (Å²) in [6.07, 6.45) is 1.84. The number of aromatic nitrogens is 3. The quantitative estimate of drug-likeness (QED) is 0.335. The van der Waals surface area contributed by atoms with Crippen molar-refractivity contribution < 1.29 is 9.53 Å². The summed E-state index contributed by atoms with van der Waals surface area (Å²) in [5.41, 5.74) is 2.21. The third-order valence-corrected chi connectivity index (χ3v) is 6.64. The highest BCUT2D eigenvalue weighted by atomic mass is 32.1. The van der Waals surface area contributed by atoms with Crippen molar-refractivity contribution in [3.63, 3.8) is 0 Å². The molecule has 4 heterocycles. The van der Waals surface area contributed by atoms with Crippen molar-refractivity contribution in [1.29, 1.82) is 0 Å². The zero-order chi connectivity index (χ0) is 25.8. The summed E-state index contributed by atoms with van der Waals surface area (Å²) in [4.78, 5) is 28.7. The fourth-order valence-corrected chi connectivity index (χ4v) is 4.86. The second kappa shape index (κ2) is 10.7. The lowest BCUT2D eigenvalue weighted by Crippen LogP contribution is -2.43. The molecule has 3 aromatic heterocycles. The molecule has 0 spiro atoms. The average molecular weight is 518 g/mol. The van der Waals surface area contributed by atoms with Crippen LogP contribution in [0.3, 0.4) is 0 Å². The molecule has 4 aromatic rings. The normalized spacial score (nSPS) is 14.0. The van der Waals surface area contributed by atoms with Crippen molar-refractivity contribution in [3.05, 3.63) is 54.0 Å². The van der Waals surface area contributed by atoms with Gasteiger partial charge in [-0.3, -0.25) is 4.79 Å². The zero-order valence-corrected chi connectivity index (χ0v) is 22.1. The van der Waals surface area contributed by atoms with E-state index in [9.17, 15) is 4.79 Å². The maximum absolute atomic E-state index is 12.2. The van der Waals surface area contributed by atoms with Gasteiger partial charge in [0.2, 0.25) is 0 Å². The van der Waals surface area contributed by atoms with Gasteiger partial charge < -0.3 is 25.6 Å². The summed E-state index contributed by atoms with van der Waals surface area (Å²) in [6.45, 7) is 9.60. The lowest BCUT2D eigenvalue weighted by molar-refractivity contribution is -0.124. The van der Waals surface area contributed by atoms with Crippen LogP contribution in [-0.4, -0.2) is 59.2 Å². The Bertz CT molecular complexity index is 1380. The molecule has 1 amide bonds. The number of fused-ring (bicyclic) bond motifs is 1. The number of ether oxygens (including phenoxy) is 1. The second-order valence-electron chi connectivity index (χ2n) is 9.91. The first-order chi connectivity index (χ1) is 17.8. The molecular formula is C27H31N7O2S. The summed E-state index contributed by atoms with van der Waals surface area (Å²) in [6, 6.07) is 13.5. The second-order valence-corrected chi connectivity index (χ2v) is 10.8. The minimum Gasteiger partial charge on any atom is -0.484 e. The number of piperazine rings is 1. The molecule has 3 N–H and O–H groups in total. The van der Waals surface area contributed by atoms with Gasteiger partial charge in [0.05, 0.1) is 22.1 Å².